The first-order valence-electron chi connectivity index (χ1n) is 7.40. The lowest BCUT2D eigenvalue weighted by Crippen LogP contribution is -2.40. The van der Waals surface area contributed by atoms with Gasteiger partial charge < -0.3 is 14.5 Å². The monoisotopic (exact) mass is 306 g/mol. The molecule has 118 valence electrons. The minimum Gasteiger partial charge on any atom is -0.419 e. The number of morpholine rings is 1. The second kappa shape index (κ2) is 7.44. The van der Waals surface area contributed by atoms with E-state index in [9.17, 15) is 4.39 Å². The zero-order valence-electron chi connectivity index (χ0n) is 12.3. The van der Waals surface area contributed by atoms with E-state index in [0.29, 0.717) is 23.9 Å². The summed E-state index contributed by atoms with van der Waals surface area (Å²) in [6, 6.07) is 6.00. The zero-order chi connectivity index (χ0) is 15.2. The van der Waals surface area contributed by atoms with Crippen LogP contribution >= 0.6 is 0 Å². The molecule has 2 heterocycles. The van der Waals surface area contributed by atoms with Crippen molar-refractivity contribution < 1.29 is 13.5 Å². The van der Waals surface area contributed by atoms with Crippen LogP contribution in [-0.2, 0) is 11.3 Å². The number of halogens is 1. The minimum atomic E-state index is -0.284. The van der Waals surface area contributed by atoms with Gasteiger partial charge in [-0.05, 0) is 24.3 Å². The van der Waals surface area contributed by atoms with Crippen molar-refractivity contribution in [3.8, 4) is 11.5 Å². The molecule has 1 N–H and O–H groups in total. The first-order chi connectivity index (χ1) is 10.8. The lowest BCUT2D eigenvalue weighted by Gasteiger charge is -2.26. The lowest BCUT2D eigenvalue weighted by molar-refractivity contribution is 0.0383. The molecule has 3 rings (SSSR count). The summed E-state index contributed by atoms with van der Waals surface area (Å²) in [6.07, 6.45) is 0. The summed E-state index contributed by atoms with van der Waals surface area (Å²) in [7, 11) is 0. The van der Waals surface area contributed by atoms with Gasteiger partial charge in [0.05, 0.1) is 19.8 Å². The molecule has 0 amide bonds. The van der Waals surface area contributed by atoms with Crippen LogP contribution in [0, 0.1) is 5.82 Å². The van der Waals surface area contributed by atoms with Gasteiger partial charge in [-0.15, -0.1) is 10.2 Å². The van der Waals surface area contributed by atoms with E-state index in [-0.39, 0.29) is 5.82 Å². The Morgan fingerprint density at radius 1 is 1.14 bits per heavy atom. The maximum absolute atomic E-state index is 12.9. The largest absolute Gasteiger partial charge is 0.419 e. The minimum absolute atomic E-state index is 0.284. The maximum atomic E-state index is 12.9. The topological polar surface area (TPSA) is 63.4 Å². The van der Waals surface area contributed by atoms with E-state index >= 15 is 0 Å². The molecule has 6 nitrogen and oxygen atoms in total. The Labute approximate surface area is 128 Å². The Bertz CT molecular complexity index is 581. The molecule has 0 aliphatic carbocycles. The highest BCUT2D eigenvalue weighted by Crippen LogP contribution is 2.17. The molecule has 1 aliphatic rings. The number of benzene rings is 1. The van der Waals surface area contributed by atoms with Crippen molar-refractivity contribution in [1.29, 1.82) is 0 Å². The Balaban J connectivity index is 1.44. The van der Waals surface area contributed by atoms with Crippen LogP contribution in [0.1, 0.15) is 5.89 Å². The third-order valence-corrected chi connectivity index (χ3v) is 3.54. The van der Waals surface area contributed by atoms with E-state index in [1.807, 2.05) is 0 Å². The van der Waals surface area contributed by atoms with E-state index in [2.05, 4.69) is 20.4 Å². The summed E-state index contributed by atoms with van der Waals surface area (Å²) in [6.45, 7) is 5.94. The zero-order valence-corrected chi connectivity index (χ0v) is 12.3. The number of ether oxygens (including phenoxy) is 1. The van der Waals surface area contributed by atoms with Gasteiger partial charge in [-0.2, -0.15) is 0 Å². The molecule has 0 spiro atoms. The average Bonchev–Trinajstić information content (AvgIpc) is 3.02. The van der Waals surface area contributed by atoms with Gasteiger partial charge in [-0.25, -0.2) is 4.39 Å². The lowest BCUT2D eigenvalue weighted by atomic mass is 10.2. The Kier molecular flexibility index (Phi) is 5.10. The number of aromatic nitrogens is 2. The highest BCUT2D eigenvalue weighted by Gasteiger charge is 2.10. The van der Waals surface area contributed by atoms with Crippen molar-refractivity contribution in [3.05, 3.63) is 36.0 Å². The summed E-state index contributed by atoms with van der Waals surface area (Å²) < 4.78 is 23.7. The highest BCUT2D eigenvalue weighted by molar-refractivity contribution is 5.51. The molecule has 0 saturated carbocycles. The fraction of sp³-hybridized carbons (Fsp3) is 0.467. The second-order valence-corrected chi connectivity index (χ2v) is 5.14. The number of hydrogen-bond donors (Lipinski definition) is 1. The van der Waals surface area contributed by atoms with Crippen molar-refractivity contribution in [3.63, 3.8) is 0 Å². The van der Waals surface area contributed by atoms with E-state index < -0.39 is 0 Å². The molecule has 0 unspecified atom stereocenters. The number of hydrogen-bond acceptors (Lipinski definition) is 6. The SMILES string of the molecule is Fc1ccc(-c2nnc(CNCCN3CCOCC3)o2)cc1. The van der Waals surface area contributed by atoms with Crippen LogP contribution in [0.4, 0.5) is 4.39 Å². The highest BCUT2D eigenvalue weighted by atomic mass is 19.1. The molecule has 22 heavy (non-hydrogen) atoms. The standard InChI is InChI=1S/C15H19FN4O2/c16-13-3-1-12(2-4-13)15-19-18-14(22-15)11-17-5-6-20-7-9-21-10-8-20/h1-4,17H,5-11H2. The smallest absolute Gasteiger partial charge is 0.247 e. The third-order valence-electron chi connectivity index (χ3n) is 3.54. The Hall–Kier alpha value is -1.83. The summed E-state index contributed by atoms with van der Waals surface area (Å²) >= 11 is 0. The van der Waals surface area contributed by atoms with Gasteiger partial charge in [-0.1, -0.05) is 0 Å². The number of nitrogens with zero attached hydrogens (tertiary/aromatic N) is 3. The maximum Gasteiger partial charge on any atom is 0.247 e. The van der Waals surface area contributed by atoms with Gasteiger partial charge in [0.2, 0.25) is 11.8 Å². The summed E-state index contributed by atoms with van der Waals surface area (Å²) in [5, 5.41) is 11.3. The van der Waals surface area contributed by atoms with Crippen LogP contribution in [0.3, 0.4) is 0 Å². The van der Waals surface area contributed by atoms with Crippen LogP contribution in [0.25, 0.3) is 11.5 Å². The van der Waals surface area contributed by atoms with Gasteiger partial charge in [0.15, 0.2) is 0 Å². The normalized spacial score (nSPS) is 16.0. The Morgan fingerprint density at radius 3 is 2.68 bits per heavy atom. The number of rotatable bonds is 6. The average molecular weight is 306 g/mol. The summed E-state index contributed by atoms with van der Waals surface area (Å²) in [4.78, 5) is 2.36. The Morgan fingerprint density at radius 2 is 1.91 bits per heavy atom. The van der Waals surface area contributed by atoms with Gasteiger partial charge in [0.25, 0.3) is 0 Å². The molecule has 1 fully saturated rings. The van der Waals surface area contributed by atoms with Crippen molar-refractivity contribution in [2.24, 2.45) is 0 Å². The fourth-order valence-corrected chi connectivity index (χ4v) is 2.29. The molecular weight excluding hydrogens is 287 g/mol. The molecule has 7 heteroatoms. The molecule has 0 radical (unpaired) electrons. The second-order valence-electron chi connectivity index (χ2n) is 5.14. The van der Waals surface area contributed by atoms with Crippen LogP contribution in [0.5, 0.6) is 0 Å². The molecule has 1 aliphatic heterocycles. The van der Waals surface area contributed by atoms with Gasteiger partial charge >= 0.3 is 0 Å². The molecule has 1 aromatic heterocycles. The van der Waals surface area contributed by atoms with Crippen LogP contribution in [0.2, 0.25) is 0 Å². The van der Waals surface area contributed by atoms with Crippen molar-refractivity contribution in [1.82, 2.24) is 20.4 Å². The van der Waals surface area contributed by atoms with Crippen molar-refractivity contribution in [2.75, 3.05) is 39.4 Å². The molecule has 0 bridgehead atoms. The first kappa shape index (κ1) is 15.1. The van der Waals surface area contributed by atoms with Crippen molar-refractivity contribution in [2.45, 2.75) is 6.54 Å². The molecule has 1 aromatic carbocycles. The molecule has 0 atom stereocenters. The predicted molar refractivity (Wildman–Crippen MR) is 78.7 cm³/mol. The fourth-order valence-electron chi connectivity index (χ4n) is 2.29. The molecule has 2 aromatic rings. The quantitative estimate of drug-likeness (QED) is 0.812. The molecular formula is C15H19FN4O2. The van der Waals surface area contributed by atoms with Crippen molar-refractivity contribution >= 4 is 0 Å². The van der Waals surface area contributed by atoms with Gasteiger partial charge in [0, 0.05) is 31.7 Å². The van der Waals surface area contributed by atoms with E-state index in [1.54, 1.807) is 12.1 Å². The van der Waals surface area contributed by atoms with Gasteiger partial charge in [-0.3, -0.25) is 4.90 Å². The summed E-state index contributed by atoms with van der Waals surface area (Å²) in [5.41, 5.74) is 0.716. The van der Waals surface area contributed by atoms with E-state index in [0.717, 1.165) is 39.4 Å². The third kappa shape index (κ3) is 4.09. The summed E-state index contributed by atoms with van der Waals surface area (Å²) in [5.74, 6) is 0.652. The predicted octanol–water partition coefficient (Wildman–Crippen LogP) is 1.30. The van der Waals surface area contributed by atoms with Crippen LogP contribution in [0.15, 0.2) is 28.7 Å². The van der Waals surface area contributed by atoms with Crippen LogP contribution < -0.4 is 5.32 Å². The van der Waals surface area contributed by atoms with E-state index in [1.165, 1.54) is 12.1 Å². The van der Waals surface area contributed by atoms with E-state index in [4.69, 9.17) is 9.15 Å². The van der Waals surface area contributed by atoms with Gasteiger partial charge in [0.1, 0.15) is 5.82 Å². The first-order valence-corrected chi connectivity index (χ1v) is 7.40. The molecule has 1 saturated heterocycles. The number of nitrogens with one attached hydrogen (secondary N) is 1. The van der Waals surface area contributed by atoms with Crippen LogP contribution in [-0.4, -0.2) is 54.5 Å².